The highest BCUT2D eigenvalue weighted by atomic mass is 32.2. The number of hydrogen-bond acceptors (Lipinski definition) is 6. The summed E-state index contributed by atoms with van der Waals surface area (Å²) in [5.74, 6) is -1.50. The van der Waals surface area contributed by atoms with Crippen molar-refractivity contribution >= 4 is 43.1 Å². The summed E-state index contributed by atoms with van der Waals surface area (Å²) in [6.45, 7) is 0. The smallest absolute Gasteiger partial charge is 0.305 e. The summed E-state index contributed by atoms with van der Waals surface area (Å²) in [5, 5.41) is 0.939. The Morgan fingerprint density at radius 2 is 1.57 bits per heavy atom. The van der Waals surface area contributed by atoms with Crippen LogP contribution in [0.5, 0.6) is 0 Å². The summed E-state index contributed by atoms with van der Waals surface area (Å²) in [7, 11) is -3.59. The zero-order valence-corrected chi connectivity index (χ0v) is 17.1. The predicted octanol–water partition coefficient (Wildman–Crippen LogP) is 3.54. The highest BCUT2D eigenvalue weighted by Gasteiger charge is 2.19. The van der Waals surface area contributed by atoms with Crippen LogP contribution in [0.3, 0.4) is 0 Å². The van der Waals surface area contributed by atoms with Crippen LogP contribution in [0, 0.1) is 0 Å². The highest BCUT2D eigenvalue weighted by molar-refractivity contribution is 7.90. The zero-order chi connectivity index (χ0) is 21.1. The topological polar surface area (TPSA) is 105 Å². The number of thiophene rings is 1. The van der Waals surface area contributed by atoms with Gasteiger partial charge in [0.1, 0.15) is 11.5 Å². The molecule has 0 unspecified atom stereocenters. The third-order valence-electron chi connectivity index (χ3n) is 4.26. The van der Waals surface area contributed by atoms with Gasteiger partial charge in [-0.2, -0.15) is 0 Å². The maximum Gasteiger partial charge on any atom is 0.305 e. The molecule has 9 heteroatoms. The Bertz CT molecular complexity index is 1290. The second kappa shape index (κ2) is 8.13. The minimum atomic E-state index is -3.59. The molecule has 0 saturated carbocycles. The van der Waals surface area contributed by atoms with Crippen LogP contribution >= 0.6 is 11.3 Å². The molecule has 2 aromatic carbocycles. The van der Waals surface area contributed by atoms with Crippen molar-refractivity contribution in [3.05, 3.63) is 89.2 Å². The molecule has 2 aromatic heterocycles. The summed E-state index contributed by atoms with van der Waals surface area (Å²) in [6.07, 6.45) is 0. The van der Waals surface area contributed by atoms with Gasteiger partial charge in [-0.1, -0.05) is 36.4 Å². The average molecular weight is 441 g/mol. The monoisotopic (exact) mass is 440 g/mol. The van der Waals surface area contributed by atoms with Crippen LogP contribution in [0.2, 0.25) is 0 Å². The molecule has 0 fully saturated rings. The first-order valence-corrected chi connectivity index (χ1v) is 11.3. The van der Waals surface area contributed by atoms with E-state index in [0.717, 1.165) is 10.1 Å². The van der Waals surface area contributed by atoms with Crippen molar-refractivity contribution in [3.63, 3.8) is 0 Å². The lowest BCUT2D eigenvalue weighted by atomic mass is 10.2. The average Bonchev–Trinajstić information content (AvgIpc) is 3.39. The third-order valence-corrected chi connectivity index (χ3v) is 7.03. The van der Waals surface area contributed by atoms with Crippen molar-refractivity contribution < 1.29 is 22.4 Å². The van der Waals surface area contributed by atoms with Crippen LogP contribution in [-0.2, 0) is 15.6 Å². The van der Waals surface area contributed by atoms with Crippen molar-refractivity contribution in [2.45, 2.75) is 10.6 Å². The normalized spacial score (nSPS) is 11.3. The van der Waals surface area contributed by atoms with Crippen LogP contribution in [0.15, 0.2) is 82.1 Å². The van der Waals surface area contributed by atoms with E-state index in [2.05, 4.69) is 10.9 Å². The first-order chi connectivity index (χ1) is 14.4. The maximum atomic E-state index is 12.4. The van der Waals surface area contributed by atoms with Gasteiger partial charge in [-0.3, -0.25) is 20.4 Å². The Kier molecular flexibility index (Phi) is 5.39. The molecule has 0 saturated heterocycles. The number of fused-ring (bicyclic) bond motifs is 1. The Morgan fingerprint density at radius 3 is 2.33 bits per heavy atom. The fourth-order valence-electron chi connectivity index (χ4n) is 2.81. The maximum absolute atomic E-state index is 12.4. The molecule has 4 rings (SSSR count). The molecule has 0 atom stereocenters. The van der Waals surface area contributed by atoms with E-state index in [1.807, 2.05) is 24.3 Å². The molecule has 0 aliphatic carbocycles. The first-order valence-electron chi connectivity index (χ1n) is 8.88. The molecular weight excluding hydrogens is 424 g/mol. The van der Waals surface area contributed by atoms with E-state index in [-0.39, 0.29) is 22.2 Å². The lowest BCUT2D eigenvalue weighted by Gasteiger charge is -2.04. The van der Waals surface area contributed by atoms with Gasteiger partial charge >= 0.3 is 5.91 Å². The van der Waals surface area contributed by atoms with Crippen molar-refractivity contribution in [3.8, 4) is 0 Å². The van der Waals surface area contributed by atoms with Crippen LogP contribution < -0.4 is 10.9 Å². The fraction of sp³-hybridized carbons (Fsp3) is 0.0476. The number of amides is 2. The molecule has 4 aromatic rings. The van der Waals surface area contributed by atoms with Gasteiger partial charge in [-0.25, -0.2) is 8.42 Å². The Labute approximate surface area is 176 Å². The van der Waals surface area contributed by atoms with Crippen LogP contribution in [0.1, 0.15) is 26.0 Å². The van der Waals surface area contributed by atoms with Gasteiger partial charge in [0.25, 0.3) is 5.91 Å². The van der Waals surface area contributed by atoms with E-state index in [1.165, 1.54) is 35.6 Å². The summed E-state index contributed by atoms with van der Waals surface area (Å²) >= 11 is 1.31. The van der Waals surface area contributed by atoms with Gasteiger partial charge in [0.2, 0.25) is 0 Å². The van der Waals surface area contributed by atoms with Crippen molar-refractivity contribution in [1.82, 2.24) is 10.9 Å². The van der Waals surface area contributed by atoms with Gasteiger partial charge in [0.05, 0.1) is 9.77 Å². The number of carbonyl (C=O) groups is 2. The lowest BCUT2D eigenvalue weighted by Crippen LogP contribution is -2.41. The highest BCUT2D eigenvalue weighted by Crippen LogP contribution is 2.25. The number of benzene rings is 2. The predicted molar refractivity (Wildman–Crippen MR) is 113 cm³/mol. The van der Waals surface area contributed by atoms with Crippen LogP contribution in [0.25, 0.3) is 10.1 Å². The molecule has 0 spiro atoms. The summed E-state index contributed by atoms with van der Waals surface area (Å²) < 4.78 is 31.1. The second-order valence-corrected chi connectivity index (χ2v) is 9.47. The first kappa shape index (κ1) is 19.9. The molecule has 2 amide bonds. The van der Waals surface area contributed by atoms with E-state index in [9.17, 15) is 18.0 Å². The molecule has 2 heterocycles. The summed E-state index contributed by atoms with van der Waals surface area (Å²) in [4.78, 5) is 25.1. The molecule has 0 aliphatic heterocycles. The van der Waals surface area contributed by atoms with Gasteiger partial charge in [0, 0.05) is 4.70 Å². The standard InChI is InChI=1S/C21H16N2O5S2/c24-20(22-23-21(25)19-12-14-6-4-5-9-18(14)29-19)17-11-10-15(28-17)13-30(26,27)16-7-2-1-3-8-16/h1-12H,13H2,(H,22,24)(H,23,25). The summed E-state index contributed by atoms with van der Waals surface area (Å²) in [5.41, 5.74) is 4.61. The zero-order valence-electron chi connectivity index (χ0n) is 15.5. The Hall–Kier alpha value is -3.43. The SMILES string of the molecule is O=C(NNC(=O)c1cc2ccccc2s1)c1ccc(CS(=O)(=O)c2ccccc2)o1. The van der Waals surface area contributed by atoms with Crippen molar-refractivity contribution in [2.24, 2.45) is 0 Å². The number of carbonyl (C=O) groups excluding carboxylic acids is 2. The van der Waals surface area contributed by atoms with Gasteiger partial charge in [-0.05, 0) is 41.8 Å². The minimum Gasteiger partial charge on any atom is -0.455 e. The molecule has 7 nitrogen and oxygen atoms in total. The van der Waals surface area contributed by atoms with Gasteiger partial charge in [0.15, 0.2) is 15.6 Å². The van der Waals surface area contributed by atoms with E-state index in [0.29, 0.717) is 4.88 Å². The number of hydrazine groups is 1. The largest absolute Gasteiger partial charge is 0.455 e. The number of hydrogen-bond donors (Lipinski definition) is 2. The van der Waals surface area contributed by atoms with Crippen LogP contribution in [0.4, 0.5) is 0 Å². The number of rotatable bonds is 5. The molecule has 0 bridgehead atoms. The van der Waals surface area contributed by atoms with E-state index in [4.69, 9.17) is 4.42 Å². The Morgan fingerprint density at radius 1 is 0.867 bits per heavy atom. The van der Waals surface area contributed by atoms with Gasteiger partial charge < -0.3 is 4.42 Å². The van der Waals surface area contributed by atoms with Crippen LogP contribution in [-0.4, -0.2) is 20.2 Å². The van der Waals surface area contributed by atoms with Gasteiger partial charge in [-0.15, -0.1) is 11.3 Å². The number of furan rings is 1. The number of nitrogens with one attached hydrogen (secondary N) is 2. The number of sulfone groups is 1. The summed E-state index contributed by atoms with van der Waals surface area (Å²) in [6, 6.07) is 20.1. The molecule has 0 aliphatic rings. The molecular formula is C21H16N2O5S2. The van der Waals surface area contributed by atoms with Crippen molar-refractivity contribution in [1.29, 1.82) is 0 Å². The Balaban J connectivity index is 1.38. The molecule has 30 heavy (non-hydrogen) atoms. The fourth-order valence-corrected chi connectivity index (χ4v) is 5.03. The van der Waals surface area contributed by atoms with E-state index < -0.39 is 21.7 Å². The van der Waals surface area contributed by atoms with Crippen molar-refractivity contribution in [2.75, 3.05) is 0 Å². The quantitative estimate of drug-likeness (QED) is 0.462. The second-order valence-electron chi connectivity index (χ2n) is 6.39. The minimum absolute atomic E-state index is 0.107. The third kappa shape index (κ3) is 4.27. The van der Waals surface area contributed by atoms with E-state index in [1.54, 1.807) is 24.3 Å². The molecule has 2 N–H and O–H groups in total. The molecule has 152 valence electrons. The lowest BCUT2D eigenvalue weighted by molar-refractivity contribution is 0.0832. The van der Waals surface area contributed by atoms with E-state index >= 15 is 0 Å². The molecule has 0 radical (unpaired) electrons.